The van der Waals surface area contributed by atoms with E-state index < -0.39 is 11.5 Å². The van der Waals surface area contributed by atoms with Gasteiger partial charge in [0.2, 0.25) is 4.77 Å². The number of rotatable bonds is 1. The van der Waals surface area contributed by atoms with Crippen LogP contribution in [-0.4, -0.2) is 14.8 Å². The summed E-state index contributed by atoms with van der Waals surface area (Å²) in [5.41, 5.74) is -0.382. The number of aromatic nitrogens is 3. The van der Waals surface area contributed by atoms with Crippen molar-refractivity contribution in [3.8, 4) is 5.69 Å². The summed E-state index contributed by atoms with van der Waals surface area (Å²) in [5.74, 6) is -0.523. The van der Waals surface area contributed by atoms with E-state index in [-0.39, 0.29) is 10.5 Å². The van der Waals surface area contributed by atoms with E-state index in [0.717, 1.165) is 4.57 Å². The lowest BCUT2D eigenvalue weighted by Gasteiger charge is -2.02. The largest absolute Gasteiger partial charge is 0.347 e. The maximum atomic E-state index is 13.5. The van der Waals surface area contributed by atoms with E-state index in [1.807, 2.05) is 0 Å². The van der Waals surface area contributed by atoms with Crippen LogP contribution in [0.4, 0.5) is 4.39 Å². The maximum absolute atomic E-state index is 13.5. The van der Waals surface area contributed by atoms with Crippen LogP contribution in [0.25, 0.3) is 5.69 Å². The minimum Gasteiger partial charge on any atom is -0.272 e. The van der Waals surface area contributed by atoms with Gasteiger partial charge >= 0.3 is 5.69 Å². The van der Waals surface area contributed by atoms with Crippen molar-refractivity contribution in [2.24, 2.45) is 0 Å². The minimum atomic E-state index is -0.523. The number of nitrogens with one attached hydrogen (secondary N) is 2. The Morgan fingerprint density at radius 1 is 1.40 bits per heavy atom. The molecule has 4 nitrogen and oxygen atoms in total. The number of nitrogens with zero attached hydrogens (tertiary/aromatic N) is 1. The van der Waals surface area contributed by atoms with Crippen LogP contribution >= 0.6 is 28.1 Å². The van der Waals surface area contributed by atoms with E-state index >= 15 is 0 Å². The van der Waals surface area contributed by atoms with E-state index in [1.165, 1.54) is 12.1 Å². The van der Waals surface area contributed by atoms with Gasteiger partial charge in [-0.05, 0) is 30.4 Å². The van der Waals surface area contributed by atoms with Crippen LogP contribution in [0, 0.1) is 10.6 Å². The van der Waals surface area contributed by atoms with Gasteiger partial charge in [0.05, 0.1) is 5.69 Å². The average Bonchev–Trinajstić information content (AvgIpc) is 2.48. The summed E-state index contributed by atoms with van der Waals surface area (Å²) in [6.07, 6.45) is 0. The van der Waals surface area contributed by atoms with Gasteiger partial charge in [0.1, 0.15) is 5.82 Å². The van der Waals surface area contributed by atoms with Gasteiger partial charge in [0.15, 0.2) is 0 Å². The van der Waals surface area contributed by atoms with Gasteiger partial charge in [0, 0.05) is 4.47 Å². The highest BCUT2D eigenvalue weighted by molar-refractivity contribution is 9.10. The molecule has 0 bridgehead atoms. The van der Waals surface area contributed by atoms with Gasteiger partial charge in [-0.15, -0.1) is 0 Å². The highest BCUT2D eigenvalue weighted by Crippen LogP contribution is 2.17. The standard InChI is InChI=1S/C8H5BrFN3OS/c9-4-1-2-6(5(10)3-4)13-7(14)11-12-8(13)15/h1-3H,(H,11,14)(H,12,15). The maximum Gasteiger partial charge on any atom is 0.347 e. The topological polar surface area (TPSA) is 53.6 Å². The second-order valence-corrected chi connectivity index (χ2v) is 4.09. The number of halogens is 2. The summed E-state index contributed by atoms with van der Waals surface area (Å²) < 4.78 is 15.3. The van der Waals surface area contributed by atoms with E-state index in [4.69, 9.17) is 12.2 Å². The molecule has 0 fully saturated rings. The smallest absolute Gasteiger partial charge is 0.272 e. The Balaban J connectivity index is 2.75. The third-order valence-electron chi connectivity index (χ3n) is 1.83. The molecule has 0 spiro atoms. The molecule has 0 saturated heterocycles. The summed E-state index contributed by atoms with van der Waals surface area (Å²) in [7, 11) is 0. The lowest BCUT2D eigenvalue weighted by Crippen LogP contribution is -2.16. The predicted octanol–water partition coefficient (Wildman–Crippen LogP) is 2.12. The highest BCUT2D eigenvalue weighted by Gasteiger charge is 2.09. The number of hydrogen-bond donors (Lipinski definition) is 2. The molecule has 2 N–H and O–H groups in total. The lowest BCUT2D eigenvalue weighted by molar-refractivity contribution is 0.615. The van der Waals surface area contributed by atoms with Crippen molar-refractivity contribution in [2.75, 3.05) is 0 Å². The predicted molar refractivity (Wildman–Crippen MR) is 59.2 cm³/mol. The zero-order valence-electron chi connectivity index (χ0n) is 7.25. The second-order valence-electron chi connectivity index (χ2n) is 2.79. The Bertz CT molecular complexity index is 587. The van der Waals surface area contributed by atoms with Crippen molar-refractivity contribution >= 4 is 28.1 Å². The molecule has 0 aliphatic rings. The zero-order valence-corrected chi connectivity index (χ0v) is 9.65. The summed E-state index contributed by atoms with van der Waals surface area (Å²) in [6, 6.07) is 4.37. The second kappa shape index (κ2) is 3.74. The summed E-state index contributed by atoms with van der Waals surface area (Å²) >= 11 is 7.97. The van der Waals surface area contributed by atoms with E-state index in [2.05, 4.69) is 26.1 Å². The molecule has 2 rings (SSSR count). The number of H-pyrrole nitrogens is 2. The van der Waals surface area contributed by atoms with Gasteiger partial charge in [-0.1, -0.05) is 15.9 Å². The van der Waals surface area contributed by atoms with Gasteiger partial charge in [0.25, 0.3) is 0 Å². The fourth-order valence-electron chi connectivity index (χ4n) is 1.19. The highest BCUT2D eigenvalue weighted by atomic mass is 79.9. The van der Waals surface area contributed by atoms with Crippen molar-refractivity contribution in [3.05, 3.63) is 43.7 Å². The summed E-state index contributed by atoms with van der Waals surface area (Å²) in [5, 5.41) is 4.72. The van der Waals surface area contributed by atoms with Crippen molar-refractivity contribution in [3.63, 3.8) is 0 Å². The molecule has 1 aromatic heterocycles. The third-order valence-corrected chi connectivity index (χ3v) is 2.61. The summed E-state index contributed by atoms with van der Waals surface area (Å²) in [4.78, 5) is 11.3. The Labute approximate surface area is 96.9 Å². The first-order chi connectivity index (χ1) is 7.09. The molecule has 0 atom stereocenters. The fraction of sp³-hybridized carbons (Fsp3) is 0. The van der Waals surface area contributed by atoms with Crippen molar-refractivity contribution in [2.45, 2.75) is 0 Å². The van der Waals surface area contributed by atoms with Crippen LogP contribution in [0.1, 0.15) is 0 Å². The molecule has 0 aliphatic carbocycles. The molecule has 7 heteroatoms. The van der Waals surface area contributed by atoms with Crippen LogP contribution in [0.5, 0.6) is 0 Å². The first kappa shape index (κ1) is 10.3. The molecular weight excluding hydrogens is 285 g/mol. The Hall–Kier alpha value is -1.21. The molecule has 1 heterocycles. The number of aromatic amines is 2. The normalized spacial score (nSPS) is 10.5. The first-order valence-corrected chi connectivity index (χ1v) is 5.15. The average molecular weight is 290 g/mol. The third kappa shape index (κ3) is 1.80. The SMILES string of the molecule is O=c1[nH][nH]c(=S)n1-c1ccc(Br)cc1F. The number of hydrogen-bond acceptors (Lipinski definition) is 2. The van der Waals surface area contributed by atoms with Crippen LogP contribution in [0.15, 0.2) is 27.5 Å². The van der Waals surface area contributed by atoms with Crippen LogP contribution < -0.4 is 5.69 Å². The van der Waals surface area contributed by atoms with Crippen molar-refractivity contribution in [1.82, 2.24) is 14.8 Å². The minimum absolute atomic E-state index is 0.116. The summed E-state index contributed by atoms with van der Waals surface area (Å²) in [6.45, 7) is 0. The zero-order chi connectivity index (χ0) is 11.0. The van der Waals surface area contributed by atoms with Crippen LogP contribution in [-0.2, 0) is 0 Å². The molecular formula is C8H5BrFN3OS. The molecule has 0 aliphatic heterocycles. The van der Waals surface area contributed by atoms with E-state index in [0.29, 0.717) is 4.47 Å². The van der Waals surface area contributed by atoms with Crippen LogP contribution in [0.2, 0.25) is 0 Å². The van der Waals surface area contributed by atoms with E-state index in [1.54, 1.807) is 6.07 Å². The molecule has 1 aromatic carbocycles. The Morgan fingerprint density at radius 3 is 2.67 bits per heavy atom. The van der Waals surface area contributed by atoms with E-state index in [9.17, 15) is 9.18 Å². The first-order valence-electron chi connectivity index (χ1n) is 3.95. The molecule has 0 unspecified atom stereocenters. The molecule has 78 valence electrons. The quantitative estimate of drug-likeness (QED) is 0.790. The number of benzene rings is 1. The monoisotopic (exact) mass is 289 g/mol. The fourth-order valence-corrected chi connectivity index (χ4v) is 1.76. The van der Waals surface area contributed by atoms with Gasteiger partial charge in [-0.2, -0.15) is 0 Å². The van der Waals surface area contributed by atoms with Gasteiger partial charge in [-0.25, -0.2) is 18.9 Å². The molecule has 0 saturated carbocycles. The molecule has 2 aromatic rings. The Morgan fingerprint density at radius 2 is 2.13 bits per heavy atom. The lowest BCUT2D eigenvalue weighted by atomic mass is 10.3. The molecule has 0 amide bonds. The van der Waals surface area contributed by atoms with Gasteiger partial charge < -0.3 is 0 Å². The van der Waals surface area contributed by atoms with Crippen LogP contribution in [0.3, 0.4) is 0 Å². The molecule has 15 heavy (non-hydrogen) atoms. The van der Waals surface area contributed by atoms with Crippen molar-refractivity contribution in [1.29, 1.82) is 0 Å². The van der Waals surface area contributed by atoms with Gasteiger partial charge in [-0.3, -0.25) is 5.10 Å². The van der Waals surface area contributed by atoms with Crippen molar-refractivity contribution < 1.29 is 4.39 Å². The Kier molecular flexibility index (Phi) is 2.57. The molecule has 0 radical (unpaired) electrons.